The van der Waals surface area contributed by atoms with E-state index in [9.17, 15) is 16.8 Å². The Morgan fingerprint density at radius 1 is 0.947 bits per heavy atom. The van der Waals surface area contributed by atoms with Gasteiger partial charge in [0.05, 0.1) is 22.4 Å². The van der Waals surface area contributed by atoms with Crippen LogP contribution in [0.25, 0.3) is 16.8 Å². The predicted octanol–water partition coefficient (Wildman–Crippen LogP) is 3.38. The average molecular weight is 551 g/mol. The number of aromatic nitrogens is 5. The molecule has 0 unspecified atom stereocenters. The summed E-state index contributed by atoms with van der Waals surface area (Å²) in [7, 11) is -7.36. The van der Waals surface area contributed by atoms with Crippen molar-refractivity contribution in [2.75, 3.05) is 0 Å². The smallest absolute Gasteiger partial charge is 0.269 e. The molecule has 0 saturated heterocycles. The summed E-state index contributed by atoms with van der Waals surface area (Å²) < 4.78 is 58.1. The second-order valence-corrected chi connectivity index (χ2v) is 13.3. The number of rotatable bonds is 7. The topological polar surface area (TPSA) is 128 Å². The summed E-state index contributed by atoms with van der Waals surface area (Å²) in [5.74, 6) is 0.553. The molecule has 0 radical (unpaired) electrons. The summed E-state index contributed by atoms with van der Waals surface area (Å²) >= 11 is 0. The van der Waals surface area contributed by atoms with Gasteiger partial charge in [0.15, 0.2) is 11.3 Å². The highest BCUT2D eigenvalue weighted by atomic mass is 32.2. The summed E-state index contributed by atoms with van der Waals surface area (Å²) in [6.45, 7) is 1.90. The van der Waals surface area contributed by atoms with Crippen molar-refractivity contribution in [3.8, 4) is 0 Å². The Morgan fingerprint density at radius 3 is 2.47 bits per heavy atom. The first-order chi connectivity index (χ1) is 18.2. The van der Waals surface area contributed by atoms with Crippen LogP contribution in [-0.4, -0.2) is 46.4 Å². The van der Waals surface area contributed by atoms with E-state index in [0.29, 0.717) is 29.8 Å². The third kappa shape index (κ3) is 4.48. The number of sulfonamides is 1. The molecule has 0 amide bonds. The molecular weight excluding hydrogens is 524 g/mol. The van der Waals surface area contributed by atoms with Crippen LogP contribution < -0.4 is 4.72 Å². The lowest BCUT2D eigenvalue weighted by Crippen LogP contribution is -2.33. The zero-order valence-corrected chi connectivity index (χ0v) is 22.2. The number of nitrogens with one attached hydrogen (secondary N) is 1. The van der Waals surface area contributed by atoms with E-state index in [2.05, 4.69) is 19.9 Å². The van der Waals surface area contributed by atoms with Crippen LogP contribution in [0.2, 0.25) is 0 Å². The molecule has 2 aromatic carbocycles. The maximum atomic E-state index is 13.4. The van der Waals surface area contributed by atoms with Gasteiger partial charge in [0.2, 0.25) is 10.0 Å². The van der Waals surface area contributed by atoms with Crippen LogP contribution in [0.3, 0.4) is 0 Å². The van der Waals surface area contributed by atoms with Gasteiger partial charge in [-0.3, -0.25) is 4.40 Å². The van der Waals surface area contributed by atoms with E-state index in [4.69, 9.17) is 0 Å². The molecule has 1 saturated carbocycles. The van der Waals surface area contributed by atoms with E-state index in [1.165, 1.54) is 16.4 Å². The van der Waals surface area contributed by atoms with Crippen LogP contribution in [0.5, 0.6) is 0 Å². The molecule has 2 atom stereocenters. The summed E-state index contributed by atoms with van der Waals surface area (Å²) in [5, 5.41) is 8.66. The molecule has 1 fully saturated rings. The number of hydrogen-bond acceptors (Lipinski definition) is 7. The van der Waals surface area contributed by atoms with Gasteiger partial charge in [-0.25, -0.2) is 30.5 Å². The minimum absolute atomic E-state index is 0.0444. The number of nitrogens with zero attached hydrogens (tertiary/aromatic N) is 5. The molecule has 12 heteroatoms. The maximum Gasteiger partial charge on any atom is 0.269 e. The summed E-state index contributed by atoms with van der Waals surface area (Å²) in [6.07, 6.45) is 4.97. The number of aryl methyl sites for hydroxylation is 1. The van der Waals surface area contributed by atoms with E-state index in [1.54, 1.807) is 42.5 Å². The van der Waals surface area contributed by atoms with Gasteiger partial charge in [-0.1, -0.05) is 48.0 Å². The molecule has 5 aromatic rings. The first-order valence-electron chi connectivity index (χ1n) is 12.3. The molecule has 1 aliphatic carbocycles. The van der Waals surface area contributed by atoms with E-state index in [-0.39, 0.29) is 28.3 Å². The van der Waals surface area contributed by atoms with Crippen LogP contribution >= 0.6 is 0 Å². The lowest BCUT2D eigenvalue weighted by molar-refractivity contribution is 0.546. The number of benzene rings is 2. The van der Waals surface area contributed by atoms with E-state index in [1.807, 2.05) is 29.5 Å². The van der Waals surface area contributed by atoms with Crippen molar-refractivity contribution >= 4 is 36.9 Å². The van der Waals surface area contributed by atoms with Gasteiger partial charge in [-0.15, -0.1) is 10.2 Å². The zero-order valence-electron chi connectivity index (χ0n) is 20.6. The second-order valence-electron chi connectivity index (χ2n) is 9.72. The standard InChI is InChI=1S/C26H26N6O4S2/c1-18-7-11-22(12-8-18)38(35,36)31-14-13-23-26(31)27-16-24-28-29-25(32(23)24)20-9-10-21(15-20)30-37(33,34)17-19-5-3-2-4-6-19/h2-8,11-14,16,20-21,30H,9-10,15,17H2,1H3/t20-,21+/m1/s1. The Hall–Kier alpha value is -3.61. The molecule has 38 heavy (non-hydrogen) atoms. The molecular formula is C26H26N6O4S2. The fourth-order valence-corrected chi connectivity index (χ4v) is 7.88. The predicted molar refractivity (Wildman–Crippen MR) is 143 cm³/mol. The Bertz CT molecular complexity index is 1850. The van der Waals surface area contributed by atoms with Crippen LogP contribution in [0, 0.1) is 6.92 Å². The summed E-state index contributed by atoms with van der Waals surface area (Å²) in [4.78, 5) is 4.56. The highest BCUT2D eigenvalue weighted by molar-refractivity contribution is 7.90. The first-order valence-corrected chi connectivity index (χ1v) is 15.4. The largest absolute Gasteiger partial charge is 0.274 e. The minimum Gasteiger partial charge on any atom is -0.274 e. The molecule has 0 spiro atoms. The Labute approximate surface area is 220 Å². The fraction of sp³-hybridized carbons (Fsp3) is 0.269. The van der Waals surface area contributed by atoms with Crippen LogP contribution in [0.1, 0.15) is 42.1 Å². The third-order valence-corrected chi connectivity index (χ3v) is 10.1. The SMILES string of the molecule is Cc1ccc(S(=O)(=O)n2ccc3c2ncc2nnc([C@@H]4CC[C@H](NS(=O)(=O)Cc5ccccc5)C4)n23)cc1. The van der Waals surface area contributed by atoms with Crippen molar-refractivity contribution in [2.45, 2.75) is 48.8 Å². The van der Waals surface area contributed by atoms with Crippen molar-refractivity contribution in [1.82, 2.24) is 28.3 Å². The van der Waals surface area contributed by atoms with Crippen molar-refractivity contribution < 1.29 is 16.8 Å². The van der Waals surface area contributed by atoms with E-state index >= 15 is 0 Å². The highest BCUT2D eigenvalue weighted by Gasteiger charge is 2.32. The number of fused-ring (bicyclic) bond motifs is 3. The van der Waals surface area contributed by atoms with Crippen molar-refractivity contribution in [3.05, 3.63) is 90.0 Å². The van der Waals surface area contributed by atoms with Crippen LogP contribution in [0.4, 0.5) is 0 Å². The summed E-state index contributed by atoms with van der Waals surface area (Å²) in [5.41, 5.74) is 3.06. The Morgan fingerprint density at radius 2 is 1.71 bits per heavy atom. The van der Waals surface area contributed by atoms with E-state index < -0.39 is 20.0 Å². The minimum atomic E-state index is -3.85. The van der Waals surface area contributed by atoms with E-state index in [0.717, 1.165) is 17.5 Å². The fourth-order valence-electron chi connectivity index (χ4n) is 5.15. The van der Waals surface area contributed by atoms with Gasteiger partial charge in [0.25, 0.3) is 10.0 Å². The van der Waals surface area contributed by atoms with Crippen molar-refractivity contribution in [3.63, 3.8) is 0 Å². The molecule has 0 bridgehead atoms. The molecule has 1 N–H and O–H groups in total. The van der Waals surface area contributed by atoms with Gasteiger partial charge >= 0.3 is 0 Å². The normalized spacial score (nSPS) is 18.4. The number of hydrogen-bond donors (Lipinski definition) is 1. The Balaban J connectivity index is 1.29. The highest BCUT2D eigenvalue weighted by Crippen LogP contribution is 2.35. The van der Waals surface area contributed by atoms with Crippen molar-refractivity contribution in [1.29, 1.82) is 0 Å². The van der Waals surface area contributed by atoms with Crippen molar-refractivity contribution in [2.24, 2.45) is 0 Å². The molecule has 3 heterocycles. The van der Waals surface area contributed by atoms with Gasteiger partial charge in [0.1, 0.15) is 5.82 Å². The molecule has 1 aliphatic rings. The van der Waals surface area contributed by atoms with Crippen LogP contribution in [-0.2, 0) is 25.8 Å². The quantitative estimate of drug-likeness (QED) is 0.329. The van der Waals surface area contributed by atoms with Gasteiger partial charge in [-0.2, -0.15) is 0 Å². The molecule has 6 rings (SSSR count). The lowest BCUT2D eigenvalue weighted by Gasteiger charge is -2.14. The lowest BCUT2D eigenvalue weighted by atomic mass is 10.1. The summed E-state index contributed by atoms with van der Waals surface area (Å²) in [6, 6.07) is 17.2. The Kier molecular flexibility index (Phi) is 6.04. The van der Waals surface area contributed by atoms with Crippen LogP contribution in [0.15, 0.2) is 78.0 Å². The van der Waals surface area contributed by atoms with Gasteiger partial charge in [-0.05, 0) is 49.9 Å². The van der Waals surface area contributed by atoms with Gasteiger partial charge in [0, 0.05) is 18.2 Å². The van der Waals surface area contributed by atoms with Gasteiger partial charge < -0.3 is 0 Å². The zero-order chi connectivity index (χ0) is 26.5. The first kappa shape index (κ1) is 24.7. The average Bonchev–Trinajstić information content (AvgIpc) is 3.62. The molecule has 10 nitrogen and oxygen atoms in total. The molecule has 3 aromatic heterocycles. The molecule has 0 aliphatic heterocycles. The maximum absolute atomic E-state index is 13.4. The monoisotopic (exact) mass is 550 g/mol. The third-order valence-electron chi connectivity index (χ3n) is 6.98. The molecule has 196 valence electrons. The second kappa shape index (κ2) is 9.29.